The Balaban J connectivity index is 2.59. The molecule has 1 saturated carbocycles. The first kappa shape index (κ1) is 13.9. The third-order valence-corrected chi connectivity index (χ3v) is 2.95. The highest BCUT2D eigenvalue weighted by Gasteiger charge is 2.34. The van der Waals surface area contributed by atoms with E-state index in [9.17, 15) is 9.59 Å². The second kappa shape index (κ2) is 6.56. The Morgan fingerprint density at radius 1 is 1.53 bits per heavy atom. The van der Waals surface area contributed by atoms with Crippen molar-refractivity contribution in [1.29, 1.82) is 0 Å². The van der Waals surface area contributed by atoms with Gasteiger partial charge in [-0.3, -0.25) is 4.79 Å². The van der Waals surface area contributed by atoms with Crippen LogP contribution in [0.4, 0.5) is 0 Å². The van der Waals surface area contributed by atoms with Crippen LogP contribution in [0.2, 0.25) is 0 Å². The minimum atomic E-state index is -1.28. The number of ether oxygens (including phenoxy) is 1. The summed E-state index contributed by atoms with van der Waals surface area (Å²) in [7, 11) is 0. The van der Waals surface area contributed by atoms with E-state index in [1.807, 2.05) is 0 Å². The topological polar surface area (TPSA) is 92.9 Å². The van der Waals surface area contributed by atoms with Gasteiger partial charge in [-0.05, 0) is 26.2 Å². The summed E-state index contributed by atoms with van der Waals surface area (Å²) in [6.07, 6.45) is 2.87. The lowest BCUT2D eigenvalue weighted by atomic mass is 9.91. The maximum Gasteiger partial charge on any atom is 0.332 e. The van der Waals surface area contributed by atoms with E-state index < -0.39 is 17.9 Å². The first-order chi connectivity index (χ1) is 8.11. The molecule has 1 aliphatic carbocycles. The molecular weight excluding hydrogens is 224 g/mol. The van der Waals surface area contributed by atoms with Gasteiger partial charge in [0.15, 0.2) is 6.04 Å². The van der Waals surface area contributed by atoms with E-state index >= 15 is 0 Å². The van der Waals surface area contributed by atoms with Crippen molar-refractivity contribution in [3.63, 3.8) is 0 Å². The smallest absolute Gasteiger partial charge is 0.332 e. The summed E-state index contributed by atoms with van der Waals surface area (Å²) in [5, 5.41) is 8.93. The number of hydrogen-bond acceptors (Lipinski definition) is 5. The monoisotopic (exact) mass is 244 g/mol. The van der Waals surface area contributed by atoms with Gasteiger partial charge in [0.1, 0.15) is 0 Å². The Morgan fingerprint density at radius 3 is 2.59 bits per heavy atom. The van der Waals surface area contributed by atoms with Crippen molar-refractivity contribution >= 4 is 11.9 Å². The molecule has 1 rings (SSSR count). The summed E-state index contributed by atoms with van der Waals surface area (Å²) in [6.45, 7) is 1.95. The van der Waals surface area contributed by atoms with Crippen molar-refractivity contribution in [2.75, 3.05) is 19.8 Å². The molecular formula is C11H20N2O4. The van der Waals surface area contributed by atoms with Gasteiger partial charge < -0.3 is 20.5 Å². The van der Waals surface area contributed by atoms with E-state index in [2.05, 4.69) is 0 Å². The highest BCUT2D eigenvalue weighted by Crippen LogP contribution is 2.25. The summed E-state index contributed by atoms with van der Waals surface area (Å²) in [6, 6.07) is -1.17. The highest BCUT2D eigenvalue weighted by molar-refractivity contribution is 6.01. The quantitative estimate of drug-likeness (QED) is 0.474. The van der Waals surface area contributed by atoms with Crippen LogP contribution in [0.25, 0.3) is 0 Å². The number of carbonyl (C=O) groups excluding carboxylic acids is 2. The number of carbonyl (C=O) groups is 2. The predicted octanol–water partition coefficient (Wildman–Crippen LogP) is -0.750. The standard InChI is InChI=1S/C11H20N2O4/c1-2-17-11(16)9(12)10(15)13(6-7-14)8-4-3-5-8/h8-9,14H,2-7,12H2,1H3. The fourth-order valence-electron chi connectivity index (χ4n) is 1.79. The van der Waals surface area contributed by atoms with Gasteiger partial charge in [-0.1, -0.05) is 0 Å². The Bertz CT molecular complexity index is 279. The molecule has 0 bridgehead atoms. The van der Waals surface area contributed by atoms with Gasteiger partial charge in [-0.2, -0.15) is 0 Å². The molecule has 0 aromatic rings. The molecule has 0 aromatic carbocycles. The number of amides is 1. The average molecular weight is 244 g/mol. The van der Waals surface area contributed by atoms with E-state index in [4.69, 9.17) is 15.6 Å². The van der Waals surface area contributed by atoms with E-state index in [-0.39, 0.29) is 25.8 Å². The Hall–Kier alpha value is -1.14. The second-order valence-electron chi connectivity index (χ2n) is 4.07. The summed E-state index contributed by atoms with van der Waals surface area (Å²) in [4.78, 5) is 24.8. The molecule has 0 aliphatic heterocycles. The Kier molecular flexibility index (Phi) is 5.37. The molecule has 6 heteroatoms. The molecule has 1 unspecified atom stereocenters. The third-order valence-electron chi connectivity index (χ3n) is 2.95. The average Bonchev–Trinajstić information content (AvgIpc) is 2.24. The van der Waals surface area contributed by atoms with E-state index in [1.54, 1.807) is 6.92 Å². The number of rotatable bonds is 6. The van der Waals surface area contributed by atoms with Crippen molar-refractivity contribution in [3.8, 4) is 0 Å². The molecule has 17 heavy (non-hydrogen) atoms. The fourth-order valence-corrected chi connectivity index (χ4v) is 1.79. The summed E-state index contributed by atoms with van der Waals surface area (Å²) >= 11 is 0. The molecule has 1 aliphatic rings. The van der Waals surface area contributed by atoms with Gasteiger partial charge in [0.2, 0.25) is 0 Å². The molecule has 6 nitrogen and oxygen atoms in total. The van der Waals surface area contributed by atoms with Crippen LogP contribution in [0.5, 0.6) is 0 Å². The van der Waals surface area contributed by atoms with Crippen LogP contribution < -0.4 is 5.73 Å². The van der Waals surface area contributed by atoms with Crippen LogP contribution in [0.15, 0.2) is 0 Å². The zero-order chi connectivity index (χ0) is 12.8. The number of nitrogens with zero attached hydrogens (tertiary/aromatic N) is 1. The minimum Gasteiger partial charge on any atom is -0.464 e. The lowest BCUT2D eigenvalue weighted by molar-refractivity contribution is -0.152. The van der Waals surface area contributed by atoms with E-state index in [1.165, 1.54) is 4.90 Å². The molecule has 98 valence electrons. The lowest BCUT2D eigenvalue weighted by Crippen LogP contribution is -2.54. The summed E-state index contributed by atoms with van der Waals surface area (Å²) in [5.74, 6) is -1.16. The van der Waals surface area contributed by atoms with Gasteiger partial charge in [-0.15, -0.1) is 0 Å². The SMILES string of the molecule is CCOC(=O)C(N)C(=O)N(CCO)C1CCC1. The Morgan fingerprint density at radius 2 is 2.18 bits per heavy atom. The van der Waals surface area contributed by atoms with Crippen LogP contribution in [0.1, 0.15) is 26.2 Å². The van der Waals surface area contributed by atoms with Crippen LogP contribution >= 0.6 is 0 Å². The fraction of sp³-hybridized carbons (Fsp3) is 0.818. The van der Waals surface area contributed by atoms with E-state index in [0.717, 1.165) is 19.3 Å². The lowest BCUT2D eigenvalue weighted by Gasteiger charge is -2.38. The summed E-state index contributed by atoms with van der Waals surface area (Å²) in [5.41, 5.74) is 5.55. The first-order valence-electron chi connectivity index (χ1n) is 5.95. The van der Waals surface area contributed by atoms with Crippen molar-refractivity contribution in [1.82, 2.24) is 4.90 Å². The maximum absolute atomic E-state index is 12.0. The summed E-state index contributed by atoms with van der Waals surface area (Å²) < 4.78 is 4.71. The molecule has 0 aromatic heterocycles. The van der Waals surface area contributed by atoms with Gasteiger partial charge in [-0.25, -0.2) is 4.79 Å². The van der Waals surface area contributed by atoms with Gasteiger partial charge in [0.25, 0.3) is 5.91 Å². The third kappa shape index (κ3) is 3.41. The maximum atomic E-state index is 12.0. The number of nitrogens with two attached hydrogens (primary N) is 1. The molecule has 1 fully saturated rings. The normalized spacial score (nSPS) is 17.1. The first-order valence-corrected chi connectivity index (χ1v) is 5.95. The minimum absolute atomic E-state index is 0.107. The molecule has 0 spiro atoms. The van der Waals surface area contributed by atoms with Crippen LogP contribution in [0, 0.1) is 0 Å². The number of esters is 1. The largest absolute Gasteiger partial charge is 0.464 e. The van der Waals surface area contributed by atoms with Crippen molar-refractivity contribution < 1.29 is 19.4 Å². The zero-order valence-corrected chi connectivity index (χ0v) is 10.1. The van der Waals surface area contributed by atoms with Crippen LogP contribution in [-0.4, -0.2) is 53.7 Å². The molecule has 1 amide bonds. The molecule has 1 atom stereocenters. The highest BCUT2D eigenvalue weighted by atomic mass is 16.5. The van der Waals surface area contributed by atoms with Crippen molar-refractivity contribution in [3.05, 3.63) is 0 Å². The van der Waals surface area contributed by atoms with Crippen molar-refractivity contribution in [2.45, 2.75) is 38.3 Å². The van der Waals surface area contributed by atoms with E-state index in [0.29, 0.717) is 0 Å². The van der Waals surface area contributed by atoms with Gasteiger partial charge in [0.05, 0.1) is 13.2 Å². The molecule has 0 heterocycles. The molecule has 0 radical (unpaired) electrons. The number of aliphatic hydroxyl groups excluding tert-OH is 1. The molecule has 0 saturated heterocycles. The number of aliphatic hydroxyl groups is 1. The number of hydrogen-bond donors (Lipinski definition) is 2. The van der Waals surface area contributed by atoms with Crippen LogP contribution in [0.3, 0.4) is 0 Å². The Labute approximate surface area is 101 Å². The van der Waals surface area contributed by atoms with Crippen LogP contribution in [-0.2, 0) is 14.3 Å². The van der Waals surface area contributed by atoms with Crippen molar-refractivity contribution in [2.24, 2.45) is 5.73 Å². The van der Waals surface area contributed by atoms with Gasteiger partial charge >= 0.3 is 5.97 Å². The second-order valence-corrected chi connectivity index (χ2v) is 4.07. The molecule has 3 N–H and O–H groups in total. The zero-order valence-electron chi connectivity index (χ0n) is 10.1. The van der Waals surface area contributed by atoms with Gasteiger partial charge in [0, 0.05) is 12.6 Å². The predicted molar refractivity (Wildman–Crippen MR) is 61.0 cm³/mol.